The number of aryl methyl sites for hydroxylation is 1. The summed E-state index contributed by atoms with van der Waals surface area (Å²) in [6, 6.07) is 4.25. The third kappa shape index (κ3) is 3.01. The van der Waals surface area contributed by atoms with Crippen molar-refractivity contribution < 1.29 is 5.11 Å². The van der Waals surface area contributed by atoms with Gasteiger partial charge in [0.1, 0.15) is 5.75 Å². The van der Waals surface area contributed by atoms with E-state index in [-0.39, 0.29) is 0 Å². The molecule has 0 aliphatic rings. The van der Waals surface area contributed by atoms with Gasteiger partial charge < -0.3 is 5.11 Å². The Hall–Kier alpha value is -0.980. The van der Waals surface area contributed by atoms with E-state index in [1.54, 1.807) is 0 Å². The maximum Gasteiger partial charge on any atom is 0.122 e. The molecule has 1 heteroatoms. The summed E-state index contributed by atoms with van der Waals surface area (Å²) in [6.45, 7) is 10.7. The summed E-state index contributed by atoms with van der Waals surface area (Å²) >= 11 is 0. The molecule has 0 amide bonds. The third-order valence-corrected chi connectivity index (χ3v) is 3.19. The standard InChI is InChI=1S/C15H24O/c1-10(2)6-7-13-8-9-14(11(3)4)15(16)12(13)5/h8-11,16H,6-7H2,1-5H3. The second kappa shape index (κ2) is 5.38. The Bertz CT molecular complexity index is 351. The molecule has 0 aromatic heterocycles. The highest BCUT2D eigenvalue weighted by atomic mass is 16.3. The molecule has 1 aromatic carbocycles. The molecule has 0 aliphatic heterocycles. The van der Waals surface area contributed by atoms with Crippen LogP contribution in [0.4, 0.5) is 0 Å². The summed E-state index contributed by atoms with van der Waals surface area (Å²) in [4.78, 5) is 0. The number of phenolic OH excluding ortho intramolecular Hbond substituents is 1. The Morgan fingerprint density at radius 2 is 1.75 bits per heavy atom. The van der Waals surface area contributed by atoms with Crippen LogP contribution in [0.5, 0.6) is 5.75 Å². The normalized spacial score (nSPS) is 11.4. The quantitative estimate of drug-likeness (QED) is 0.796. The van der Waals surface area contributed by atoms with E-state index >= 15 is 0 Å². The summed E-state index contributed by atoms with van der Waals surface area (Å²) in [7, 11) is 0. The van der Waals surface area contributed by atoms with Crippen LogP contribution < -0.4 is 0 Å². The second-order valence-electron chi connectivity index (χ2n) is 5.37. The van der Waals surface area contributed by atoms with Crippen LogP contribution in [0.2, 0.25) is 0 Å². The van der Waals surface area contributed by atoms with Crippen molar-refractivity contribution in [3.05, 3.63) is 28.8 Å². The van der Waals surface area contributed by atoms with Crippen LogP contribution in [-0.4, -0.2) is 5.11 Å². The molecule has 0 unspecified atom stereocenters. The first-order valence-corrected chi connectivity index (χ1v) is 6.24. The summed E-state index contributed by atoms with van der Waals surface area (Å²) in [6.07, 6.45) is 2.25. The number of hydrogen-bond acceptors (Lipinski definition) is 1. The predicted molar refractivity (Wildman–Crippen MR) is 70.1 cm³/mol. The maximum atomic E-state index is 10.1. The third-order valence-electron chi connectivity index (χ3n) is 3.19. The molecular formula is C15H24O. The van der Waals surface area contributed by atoms with Crippen molar-refractivity contribution in [1.29, 1.82) is 0 Å². The van der Waals surface area contributed by atoms with Gasteiger partial charge in [0.25, 0.3) is 0 Å². The monoisotopic (exact) mass is 220 g/mol. The van der Waals surface area contributed by atoms with Crippen LogP contribution in [0.1, 0.15) is 56.7 Å². The number of benzene rings is 1. The zero-order valence-corrected chi connectivity index (χ0v) is 11.2. The van der Waals surface area contributed by atoms with E-state index in [1.807, 2.05) is 6.92 Å². The van der Waals surface area contributed by atoms with Gasteiger partial charge in [0.15, 0.2) is 0 Å². The largest absolute Gasteiger partial charge is 0.507 e. The first-order valence-electron chi connectivity index (χ1n) is 6.24. The highest BCUT2D eigenvalue weighted by Gasteiger charge is 2.11. The predicted octanol–water partition coefficient (Wildman–Crippen LogP) is 4.41. The molecule has 1 N–H and O–H groups in total. The lowest BCUT2D eigenvalue weighted by atomic mass is 9.93. The van der Waals surface area contributed by atoms with Gasteiger partial charge in [-0.2, -0.15) is 0 Å². The van der Waals surface area contributed by atoms with Gasteiger partial charge in [-0.3, -0.25) is 0 Å². The average Bonchev–Trinajstić information content (AvgIpc) is 2.19. The molecule has 0 spiro atoms. The molecule has 1 rings (SSSR count). The van der Waals surface area contributed by atoms with Crippen LogP contribution in [0.25, 0.3) is 0 Å². The van der Waals surface area contributed by atoms with Crippen LogP contribution in [-0.2, 0) is 6.42 Å². The maximum absolute atomic E-state index is 10.1. The molecule has 0 aliphatic carbocycles. The Labute approximate surface area is 99.5 Å². The molecule has 16 heavy (non-hydrogen) atoms. The lowest BCUT2D eigenvalue weighted by Gasteiger charge is -2.15. The lowest BCUT2D eigenvalue weighted by molar-refractivity contribution is 0.459. The fraction of sp³-hybridized carbons (Fsp3) is 0.600. The fourth-order valence-electron chi connectivity index (χ4n) is 1.94. The zero-order chi connectivity index (χ0) is 12.3. The van der Waals surface area contributed by atoms with Gasteiger partial charge >= 0.3 is 0 Å². The Kier molecular flexibility index (Phi) is 4.40. The van der Waals surface area contributed by atoms with Crippen LogP contribution in [0.3, 0.4) is 0 Å². The molecule has 0 heterocycles. The summed E-state index contributed by atoms with van der Waals surface area (Å²) in [5.74, 6) is 1.60. The molecule has 0 saturated heterocycles. The van der Waals surface area contributed by atoms with E-state index in [0.29, 0.717) is 17.6 Å². The topological polar surface area (TPSA) is 20.2 Å². The van der Waals surface area contributed by atoms with Gasteiger partial charge in [0.2, 0.25) is 0 Å². The zero-order valence-electron chi connectivity index (χ0n) is 11.2. The molecule has 0 fully saturated rings. The first-order chi connectivity index (χ1) is 7.43. The van der Waals surface area contributed by atoms with E-state index in [2.05, 4.69) is 39.8 Å². The minimum absolute atomic E-state index is 0.387. The minimum Gasteiger partial charge on any atom is -0.507 e. The van der Waals surface area contributed by atoms with Crippen molar-refractivity contribution in [2.75, 3.05) is 0 Å². The average molecular weight is 220 g/mol. The second-order valence-corrected chi connectivity index (χ2v) is 5.37. The van der Waals surface area contributed by atoms with Crippen LogP contribution >= 0.6 is 0 Å². The Morgan fingerprint density at radius 3 is 2.25 bits per heavy atom. The summed E-state index contributed by atoms with van der Waals surface area (Å²) < 4.78 is 0. The molecule has 0 saturated carbocycles. The van der Waals surface area contributed by atoms with Crippen molar-refractivity contribution in [1.82, 2.24) is 0 Å². The van der Waals surface area contributed by atoms with Gasteiger partial charge in [-0.25, -0.2) is 0 Å². The van der Waals surface area contributed by atoms with E-state index < -0.39 is 0 Å². The highest BCUT2D eigenvalue weighted by molar-refractivity contribution is 5.46. The van der Waals surface area contributed by atoms with Gasteiger partial charge in [0.05, 0.1) is 0 Å². The molecule has 0 bridgehead atoms. The molecule has 0 atom stereocenters. The highest BCUT2D eigenvalue weighted by Crippen LogP contribution is 2.31. The minimum atomic E-state index is 0.387. The van der Waals surface area contributed by atoms with E-state index in [9.17, 15) is 5.11 Å². The van der Waals surface area contributed by atoms with Crippen molar-refractivity contribution >= 4 is 0 Å². The smallest absolute Gasteiger partial charge is 0.122 e. The fourth-order valence-corrected chi connectivity index (χ4v) is 1.94. The van der Waals surface area contributed by atoms with Crippen LogP contribution in [0.15, 0.2) is 12.1 Å². The molecule has 1 aromatic rings. The van der Waals surface area contributed by atoms with Crippen molar-refractivity contribution in [3.8, 4) is 5.75 Å². The molecular weight excluding hydrogens is 196 g/mol. The Balaban J connectivity index is 2.93. The number of aromatic hydroxyl groups is 1. The number of hydrogen-bond donors (Lipinski definition) is 1. The lowest BCUT2D eigenvalue weighted by Crippen LogP contribution is -1.98. The van der Waals surface area contributed by atoms with E-state index in [1.165, 1.54) is 12.0 Å². The van der Waals surface area contributed by atoms with Gasteiger partial charge in [0, 0.05) is 0 Å². The van der Waals surface area contributed by atoms with Crippen molar-refractivity contribution in [3.63, 3.8) is 0 Å². The number of rotatable bonds is 4. The molecule has 0 radical (unpaired) electrons. The summed E-state index contributed by atoms with van der Waals surface area (Å²) in [5, 5.41) is 10.1. The van der Waals surface area contributed by atoms with Crippen molar-refractivity contribution in [2.45, 2.75) is 53.4 Å². The molecule has 90 valence electrons. The van der Waals surface area contributed by atoms with Gasteiger partial charge in [-0.1, -0.05) is 39.8 Å². The first kappa shape index (κ1) is 13.1. The van der Waals surface area contributed by atoms with E-state index in [0.717, 1.165) is 17.5 Å². The van der Waals surface area contributed by atoms with Crippen LogP contribution in [0, 0.1) is 12.8 Å². The number of phenols is 1. The van der Waals surface area contributed by atoms with Gasteiger partial charge in [-0.15, -0.1) is 0 Å². The molecule has 1 nitrogen and oxygen atoms in total. The Morgan fingerprint density at radius 1 is 1.12 bits per heavy atom. The van der Waals surface area contributed by atoms with Crippen molar-refractivity contribution in [2.24, 2.45) is 5.92 Å². The SMILES string of the molecule is Cc1c(CCC(C)C)ccc(C(C)C)c1O. The van der Waals surface area contributed by atoms with E-state index in [4.69, 9.17) is 0 Å². The summed E-state index contributed by atoms with van der Waals surface area (Å²) in [5.41, 5.74) is 3.41. The van der Waals surface area contributed by atoms with Gasteiger partial charge in [-0.05, 0) is 48.3 Å².